The summed E-state index contributed by atoms with van der Waals surface area (Å²) >= 11 is 0. The quantitative estimate of drug-likeness (QED) is 0.801. The van der Waals surface area contributed by atoms with Crippen LogP contribution in [0, 0.1) is 0 Å². The molecule has 3 aliphatic rings. The fourth-order valence-corrected chi connectivity index (χ4v) is 4.07. The maximum atomic E-state index is 12.8. The van der Waals surface area contributed by atoms with Crippen LogP contribution in [-0.4, -0.2) is 72.3 Å². The van der Waals surface area contributed by atoms with Crippen LogP contribution in [-0.2, 0) is 27.1 Å². The van der Waals surface area contributed by atoms with Gasteiger partial charge in [0.05, 0.1) is 43.0 Å². The number of amides is 3. The van der Waals surface area contributed by atoms with Crippen molar-refractivity contribution in [2.24, 2.45) is 0 Å². The number of carbonyl (C=O) groups is 2. The van der Waals surface area contributed by atoms with E-state index in [1.165, 1.54) is 12.1 Å². The first kappa shape index (κ1) is 20.9. The molecular formula is C20H24F3N3O4. The van der Waals surface area contributed by atoms with Crippen LogP contribution in [0.4, 0.5) is 18.0 Å². The van der Waals surface area contributed by atoms with Crippen molar-refractivity contribution in [3.05, 3.63) is 35.4 Å². The number of likely N-dealkylation sites (tertiary alicyclic amines) is 2. The highest BCUT2D eigenvalue weighted by Crippen LogP contribution is 2.30. The van der Waals surface area contributed by atoms with Gasteiger partial charge >= 0.3 is 12.2 Å². The highest BCUT2D eigenvalue weighted by molar-refractivity contribution is 5.79. The summed E-state index contributed by atoms with van der Waals surface area (Å²) in [5.41, 5.74) is -0.0431. The Balaban J connectivity index is 1.25. The largest absolute Gasteiger partial charge is 0.416 e. The van der Waals surface area contributed by atoms with E-state index in [-0.39, 0.29) is 49.4 Å². The van der Waals surface area contributed by atoms with Gasteiger partial charge < -0.3 is 24.6 Å². The molecule has 3 saturated heterocycles. The van der Waals surface area contributed by atoms with Crippen molar-refractivity contribution in [2.75, 3.05) is 26.2 Å². The highest BCUT2D eigenvalue weighted by atomic mass is 19.4. The average molecular weight is 427 g/mol. The summed E-state index contributed by atoms with van der Waals surface area (Å²) in [4.78, 5) is 27.8. The van der Waals surface area contributed by atoms with E-state index in [9.17, 15) is 22.8 Å². The molecule has 10 heteroatoms. The molecule has 0 radical (unpaired) electrons. The molecule has 3 amide bonds. The number of benzene rings is 1. The van der Waals surface area contributed by atoms with Gasteiger partial charge in [-0.2, -0.15) is 13.2 Å². The van der Waals surface area contributed by atoms with E-state index >= 15 is 0 Å². The van der Waals surface area contributed by atoms with Crippen LogP contribution in [0.2, 0.25) is 0 Å². The van der Waals surface area contributed by atoms with Crippen LogP contribution in [0.25, 0.3) is 0 Å². The van der Waals surface area contributed by atoms with Gasteiger partial charge in [0.25, 0.3) is 0 Å². The molecule has 3 aliphatic heterocycles. The summed E-state index contributed by atoms with van der Waals surface area (Å²) in [5, 5.41) is 2.88. The lowest BCUT2D eigenvalue weighted by Crippen LogP contribution is -2.67. The lowest BCUT2D eigenvalue weighted by molar-refractivity contribution is -0.140. The number of alkyl halides is 3. The molecular weight excluding hydrogens is 403 g/mol. The van der Waals surface area contributed by atoms with E-state index in [2.05, 4.69) is 5.32 Å². The van der Waals surface area contributed by atoms with Crippen molar-refractivity contribution < 1.29 is 32.2 Å². The number of urea groups is 1. The molecule has 0 aliphatic carbocycles. The van der Waals surface area contributed by atoms with E-state index in [1.807, 2.05) is 6.92 Å². The Bertz CT molecular complexity index is 801. The van der Waals surface area contributed by atoms with Crippen molar-refractivity contribution in [1.82, 2.24) is 15.1 Å². The summed E-state index contributed by atoms with van der Waals surface area (Å²) < 4.78 is 49.2. The summed E-state index contributed by atoms with van der Waals surface area (Å²) in [6.07, 6.45) is -3.91. The number of morpholine rings is 1. The zero-order valence-electron chi connectivity index (χ0n) is 16.5. The lowest BCUT2D eigenvalue weighted by Gasteiger charge is -2.49. The van der Waals surface area contributed by atoms with E-state index in [1.54, 1.807) is 9.80 Å². The number of halogens is 3. The third-order valence-electron chi connectivity index (χ3n) is 5.99. The van der Waals surface area contributed by atoms with Crippen molar-refractivity contribution in [1.29, 1.82) is 0 Å². The van der Waals surface area contributed by atoms with Crippen LogP contribution in [0.5, 0.6) is 0 Å². The smallest absolute Gasteiger partial charge is 0.370 e. The Kier molecular flexibility index (Phi) is 5.63. The Morgan fingerprint density at radius 1 is 1.27 bits per heavy atom. The van der Waals surface area contributed by atoms with Crippen molar-refractivity contribution >= 4 is 11.9 Å². The normalized spacial score (nSPS) is 29.1. The fourth-order valence-electron chi connectivity index (χ4n) is 4.07. The molecule has 2 unspecified atom stereocenters. The fraction of sp³-hybridized carbons (Fsp3) is 0.600. The van der Waals surface area contributed by atoms with Crippen molar-refractivity contribution in [2.45, 2.75) is 50.4 Å². The summed E-state index contributed by atoms with van der Waals surface area (Å²) in [6, 6.07) is 4.45. The summed E-state index contributed by atoms with van der Waals surface area (Å²) in [7, 11) is 0. The number of ether oxygens (including phenoxy) is 2. The minimum absolute atomic E-state index is 0.0552. The number of nitrogens with one attached hydrogen (secondary N) is 1. The topological polar surface area (TPSA) is 71.1 Å². The lowest BCUT2D eigenvalue weighted by atomic mass is 9.99. The van der Waals surface area contributed by atoms with Gasteiger partial charge in [-0.15, -0.1) is 0 Å². The first-order valence-corrected chi connectivity index (χ1v) is 9.96. The Morgan fingerprint density at radius 2 is 2.00 bits per heavy atom. The Hall–Kier alpha value is -2.33. The Morgan fingerprint density at radius 3 is 2.67 bits per heavy atom. The Labute approximate surface area is 172 Å². The number of carbonyl (C=O) groups excluding carboxylic acids is 2. The first-order chi connectivity index (χ1) is 14.2. The van der Waals surface area contributed by atoms with Gasteiger partial charge in [-0.05, 0) is 31.0 Å². The molecule has 7 nitrogen and oxygen atoms in total. The molecule has 0 saturated carbocycles. The molecule has 30 heavy (non-hydrogen) atoms. The van der Waals surface area contributed by atoms with Crippen LogP contribution in [0.15, 0.2) is 24.3 Å². The van der Waals surface area contributed by atoms with Crippen LogP contribution >= 0.6 is 0 Å². The molecule has 4 atom stereocenters. The highest BCUT2D eigenvalue weighted by Gasteiger charge is 2.44. The third kappa shape index (κ3) is 4.24. The minimum Gasteiger partial charge on any atom is -0.370 e. The number of hydrogen-bond donors (Lipinski definition) is 1. The maximum absolute atomic E-state index is 12.8. The van der Waals surface area contributed by atoms with Gasteiger partial charge in [0, 0.05) is 13.1 Å². The molecule has 1 N–H and O–H groups in total. The second-order valence-corrected chi connectivity index (χ2v) is 7.98. The molecule has 0 aromatic heterocycles. The molecule has 1 aromatic rings. The number of nitrogens with zero attached hydrogens (tertiary/aromatic N) is 2. The molecule has 0 bridgehead atoms. The predicted molar refractivity (Wildman–Crippen MR) is 99.4 cm³/mol. The van der Waals surface area contributed by atoms with Gasteiger partial charge in [0.1, 0.15) is 6.61 Å². The van der Waals surface area contributed by atoms with Crippen molar-refractivity contribution in [3.63, 3.8) is 0 Å². The molecule has 3 heterocycles. The standard InChI is InChI=1S/C20H24F3N3O4/c1-12-17(29-10-13-2-4-14(5-3-13)20(21,22)23)9-26(12)19(28)25-7-6-16-15(8-25)24-18(27)11-30-16/h2-5,12,15-17H,6-11H2,1H3,(H,24,27)/t12?,15-,16+,17?/m1/s1. The van der Waals surface area contributed by atoms with Crippen LogP contribution in [0.1, 0.15) is 24.5 Å². The van der Waals surface area contributed by atoms with Gasteiger partial charge in [0.2, 0.25) is 5.91 Å². The first-order valence-electron chi connectivity index (χ1n) is 9.96. The van der Waals surface area contributed by atoms with Crippen LogP contribution in [0.3, 0.4) is 0 Å². The summed E-state index contributed by atoms with van der Waals surface area (Å²) in [6.45, 7) is 3.54. The average Bonchev–Trinajstić information content (AvgIpc) is 2.71. The second kappa shape index (κ2) is 8.07. The molecule has 0 spiro atoms. The van der Waals surface area contributed by atoms with Crippen molar-refractivity contribution in [3.8, 4) is 0 Å². The number of piperidine rings is 1. The van der Waals surface area contributed by atoms with E-state index in [0.29, 0.717) is 31.6 Å². The van der Waals surface area contributed by atoms with E-state index in [4.69, 9.17) is 9.47 Å². The SMILES string of the molecule is CC1C(OCc2ccc(C(F)(F)F)cc2)CN1C(=O)N1CC[C@@H]2OCC(=O)N[C@@H]2C1. The number of fused-ring (bicyclic) bond motifs is 1. The number of hydrogen-bond acceptors (Lipinski definition) is 4. The minimum atomic E-state index is -4.36. The second-order valence-electron chi connectivity index (χ2n) is 7.98. The van der Waals surface area contributed by atoms with Gasteiger partial charge in [0.15, 0.2) is 0 Å². The van der Waals surface area contributed by atoms with E-state index in [0.717, 1.165) is 12.1 Å². The van der Waals surface area contributed by atoms with Crippen LogP contribution < -0.4 is 5.32 Å². The van der Waals surface area contributed by atoms with Gasteiger partial charge in [-0.25, -0.2) is 4.79 Å². The van der Waals surface area contributed by atoms with Gasteiger partial charge in [-0.1, -0.05) is 12.1 Å². The van der Waals surface area contributed by atoms with Gasteiger partial charge in [-0.3, -0.25) is 4.79 Å². The summed E-state index contributed by atoms with van der Waals surface area (Å²) in [5.74, 6) is -0.167. The zero-order chi connectivity index (χ0) is 21.5. The molecule has 4 rings (SSSR count). The zero-order valence-corrected chi connectivity index (χ0v) is 16.5. The molecule has 1 aromatic carbocycles. The van der Waals surface area contributed by atoms with E-state index < -0.39 is 11.7 Å². The predicted octanol–water partition coefficient (Wildman–Crippen LogP) is 2.00. The monoisotopic (exact) mass is 427 g/mol. The maximum Gasteiger partial charge on any atom is 0.416 e. The molecule has 164 valence electrons. The number of rotatable bonds is 3. The third-order valence-corrected chi connectivity index (χ3v) is 5.99. The molecule has 3 fully saturated rings.